The van der Waals surface area contributed by atoms with Gasteiger partial charge in [-0.05, 0) is 24.3 Å². The summed E-state index contributed by atoms with van der Waals surface area (Å²) in [6, 6.07) is 0. The Morgan fingerprint density at radius 1 is 1.73 bits per heavy atom. The Morgan fingerprint density at radius 2 is 2.45 bits per heavy atom. The minimum Gasteiger partial charge on any atom is -0.399 e. The van der Waals surface area contributed by atoms with Gasteiger partial charge in [0.15, 0.2) is 0 Å². The molecule has 0 fully saturated rings. The van der Waals surface area contributed by atoms with Gasteiger partial charge in [-0.3, -0.25) is 0 Å². The van der Waals surface area contributed by atoms with Crippen molar-refractivity contribution in [2.24, 2.45) is 11.1 Å². The van der Waals surface area contributed by atoms with Gasteiger partial charge >= 0.3 is 0 Å². The lowest BCUT2D eigenvalue weighted by Gasteiger charge is -2.26. The first-order valence-electron chi connectivity index (χ1n) is 3.92. The quantitative estimate of drug-likeness (QED) is 0.625. The van der Waals surface area contributed by atoms with E-state index < -0.39 is 0 Å². The van der Waals surface area contributed by atoms with Gasteiger partial charge in [-0.15, -0.1) is 0 Å². The molecule has 0 aromatic rings. The van der Waals surface area contributed by atoms with Crippen LogP contribution in [0.3, 0.4) is 0 Å². The fraction of sp³-hybridized carbons (Fsp3) is 0.556. The minimum atomic E-state index is 0.123. The Morgan fingerprint density at radius 3 is 2.91 bits per heavy atom. The smallest absolute Gasteiger partial charge is 0.0439 e. The van der Waals surface area contributed by atoms with Gasteiger partial charge in [0.25, 0.3) is 0 Å². The Kier molecular flexibility index (Phi) is 2.35. The van der Waals surface area contributed by atoms with E-state index in [1.54, 1.807) is 0 Å². The van der Waals surface area contributed by atoms with Crippen molar-refractivity contribution in [3.05, 3.63) is 23.9 Å². The van der Waals surface area contributed by atoms with Crippen molar-refractivity contribution in [1.82, 2.24) is 0 Å². The lowest BCUT2D eigenvalue weighted by Crippen LogP contribution is -2.17. The fourth-order valence-corrected chi connectivity index (χ4v) is 1.23. The van der Waals surface area contributed by atoms with Gasteiger partial charge < -0.3 is 10.8 Å². The third-order valence-corrected chi connectivity index (χ3v) is 2.17. The second kappa shape index (κ2) is 3.09. The van der Waals surface area contributed by atoms with Crippen molar-refractivity contribution >= 4 is 0 Å². The number of hydrogen-bond donors (Lipinski definition) is 2. The predicted octanol–water partition coefficient (Wildman–Crippen LogP) is 1.18. The van der Waals surface area contributed by atoms with E-state index in [-0.39, 0.29) is 12.0 Å². The molecule has 0 saturated carbocycles. The average Bonchev–Trinajstić information content (AvgIpc) is 1.97. The summed E-state index contributed by atoms with van der Waals surface area (Å²) in [7, 11) is 0. The zero-order chi connectivity index (χ0) is 8.32. The maximum atomic E-state index is 8.76. The Balaban J connectivity index is 2.58. The molecule has 62 valence electrons. The molecule has 0 saturated heterocycles. The maximum Gasteiger partial charge on any atom is 0.0439 e. The summed E-state index contributed by atoms with van der Waals surface area (Å²) in [6.07, 6.45) is 7.76. The van der Waals surface area contributed by atoms with Gasteiger partial charge in [-0.25, -0.2) is 0 Å². The second-order valence-electron chi connectivity index (χ2n) is 3.37. The highest BCUT2D eigenvalue weighted by Gasteiger charge is 2.20. The van der Waals surface area contributed by atoms with Crippen LogP contribution in [0.2, 0.25) is 0 Å². The van der Waals surface area contributed by atoms with E-state index in [2.05, 4.69) is 13.0 Å². The van der Waals surface area contributed by atoms with Gasteiger partial charge in [0.2, 0.25) is 0 Å². The second-order valence-corrected chi connectivity index (χ2v) is 3.37. The van der Waals surface area contributed by atoms with Crippen LogP contribution in [0.15, 0.2) is 23.9 Å². The molecular formula is C9H15NO. The summed E-state index contributed by atoms with van der Waals surface area (Å²) >= 11 is 0. The van der Waals surface area contributed by atoms with Crippen LogP contribution in [-0.4, -0.2) is 11.7 Å². The van der Waals surface area contributed by atoms with Crippen LogP contribution in [0.25, 0.3) is 0 Å². The zero-order valence-electron chi connectivity index (χ0n) is 6.88. The molecule has 0 aromatic carbocycles. The lowest BCUT2D eigenvalue weighted by atomic mass is 9.80. The molecular weight excluding hydrogens is 138 g/mol. The van der Waals surface area contributed by atoms with Crippen LogP contribution >= 0.6 is 0 Å². The lowest BCUT2D eigenvalue weighted by molar-refractivity contribution is 0.230. The summed E-state index contributed by atoms with van der Waals surface area (Å²) in [5, 5.41) is 8.76. The van der Waals surface area contributed by atoms with Crippen molar-refractivity contribution in [3.63, 3.8) is 0 Å². The molecule has 0 bridgehead atoms. The molecule has 1 aliphatic carbocycles. The molecule has 0 spiro atoms. The third-order valence-electron chi connectivity index (χ3n) is 2.17. The first-order valence-corrected chi connectivity index (χ1v) is 3.92. The molecule has 11 heavy (non-hydrogen) atoms. The average molecular weight is 153 g/mol. The first kappa shape index (κ1) is 8.34. The molecule has 1 unspecified atom stereocenters. The maximum absolute atomic E-state index is 8.76. The van der Waals surface area contributed by atoms with Crippen molar-refractivity contribution in [2.45, 2.75) is 19.8 Å². The molecule has 1 aliphatic rings. The Labute approximate surface area is 67.4 Å². The van der Waals surface area contributed by atoms with Crippen LogP contribution in [0, 0.1) is 5.41 Å². The van der Waals surface area contributed by atoms with Gasteiger partial charge in [-0.2, -0.15) is 0 Å². The summed E-state index contributed by atoms with van der Waals surface area (Å²) < 4.78 is 0. The normalized spacial score (nSPS) is 30.2. The topological polar surface area (TPSA) is 46.2 Å². The summed E-state index contributed by atoms with van der Waals surface area (Å²) in [4.78, 5) is 0. The molecule has 2 nitrogen and oxygen atoms in total. The van der Waals surface area contributed by atoms with E-state index in [1.807, 2.05) is 12.2 Å². The van der Waals surface area contributed by atoms with E-state index in [1.165, 1.54) is 0 Å². The van der Waals surface area contributed by atoms with Gasteiger partial charge in [0.05, 0.1) is 0 Å². The summed E-state index contributed by atoms with van der Waals surface area (Å²) in [5.41, 5.74) is 6.52. The summed E-state index contributed by atoms with van der Waals surface area (Å²) in [5.74, 6) is 0. The number of aliphatic hydroxyl groups excluding tert-OH is 1. The highest BCUT2D eigenvalue weighted by Crippen LogP contribution is 2.31. The van der Waals surface area contributed by atoms with Crippen LogP contribution in [-0.2, 0) is 0 Å². The summed E-state index contributed by atoms with van der Waals surface area (Å²) in [6.45, 7) is 2.37. The molecule has 0 aromatic heterocycles. The monoisotopic (exact) mass is 153 g/mol. The van der Waals surface area contributed by atoms with Gasteiger partial charge in [0.1, 0.15) is 0 Å². The Bertz CT molecular complexity index is 196. The van der Waals surface area contributed by atoms with Crippen LogP contribution < -0.4 is 5.73 Å². The molecule has 3 N–H and O–H groups in total. The third kappa shape index (κ3) is 2.09. The van der Waals surface area contributed by atoms with E-state index >= 15 is 0 Å². The van der Waals surface area contributed by atoms with Gasteiger partial charge in [0, 0.05) is 12.3 Å². The van der Waals surface area contributed by atoms with Crippen LogP contribution in [0.1, 0.15) is 19.8 Å². The van der Waals surface area contributed by atoms with Crippen molar-refractivity contribution in [3.8, 4) is 0 Å². The molecule has 0 heterocycles. The SMILES string of the molecule is CC1(CCO)C=CC(N)=CC1. The number of hydrogen-bond acceptors (Lipinski definition) is 2. The van der Waals surface area contributed by atoms with Crippen LogP contribution in [0.5, 0.6) is 0 Å². The van der Waals surface area contributed by atoms with Crippen LogP contribution in [0.4, 0.5) is 0 Å². The number of allylic oxidation sites excluding steroid dienone is 3. The molecule has 0 radical (unpaired) electrons. The van der Waals surface area contributed by atoms with Crippen molar-refractivity contribution < 1.29 is 5.11 Å². The molecule has 0 amide bonds. The number of nitrogens with two attached hydrogens (primary N) is 1. The minimum absolute atomic E-state index is 0.123. The molecule has 0 aliphatic heterocycles. The predicted molar refractivity (Wildman–Crippen MR) is 45.8 cm³/mol. The van der Waals surface area contributed by atoms with E-state index in [9.17, 15) is 0 Å². The number of aliphatic hydroxyl groups is 1. The fourth-order valence-electron chi connectivity index (χ4n) is 1.23. The first-order chi connectivity index (χ1) is 5.16. The number of rotatable bonds is 2. The highest BCUT2D eigenvalue weighted by molar-refractivity contribution is 5.23. The Hall–Kier alpha value is -0.760. The standard InChI is InChI=1S/C9H15NO/c1-9(6-7-11)4-2-8(10)3-5-9/h2-4,11H,5-7,10H2,1H3. The van der Waals surface area contributed by atoms with E-state index in [4.69, 9.17) is 10.8 Å². The van der Waals surface area contributed by atoms with Crippen molar-refractivity contribution in [2.75, 3.05) is 6.61 Å². The molecule has 1 atom stereocenters. The highest BCUT2D eigenvalue weighted by atomic mass is 16.3. The largest absolute Gasteiger partial charge is 0.399 e. The van der Waals surface area contributed by atoms with E-state index in [0.29, 0.717) is 0 Å². The van der Waals surface area contributed by atoms with Crippen molar-refractivity contribution in [1.29, 1.82) is 0 Å². The van der Waals surface area contributed by atoms with Gasteiger partial charge in [-0.1, -0.05) is 19.1 Å². The molecule has 1 rings (SSSR count). The zero-order valence-corrected chi connectivity index (χ0v) is 6.88. The van der Waals surface area contributed by atoms with E-state index in [0.717, 1.165) is 18.5 Å². The molecule has 2 heteroatoms.